The number of nitrogens with one attached hydrogen (secondary N) is 1. The number of carbonyl (C=O) groups is 1. The number of furan rings is 1. The van der Waals surface area contributed by atoms with Crippen LogP contribution in [-0.4, -0.2) is 49.4 Å². The Kier molecular flexibility index (Phi) is 7.28. The number of amides is 1. The highest BCUT2D eigenvalue weighted by molar-refractivity contribution is 7.93. The van der Waals surface area contributed by atoms with Crippen molar-refractivity contribution >= 4 is 15.7 Å². The minimum atomic E-state index is -3.46. The van der Waals surface area contributed by atoms with Gasteiger partial charge in [-0.05, 0) is 46.0 Å². The first-order valence-electron chi connectivity index (χ1n) is 8.03. The van der Waals surface area contributed by atoms with Crippen molar-refractivity contribution in [2.45, 2.75) is 51.2 Å². The molecule has 0 aromatic carbocycles. The van der Waals surface area contributed by atoms with E-state index in [-0.39, 0.29) is 6.04 Å². The number of likely N-dealkylation sites (N-methyl/N-ethyl adjacent to an activating group) is 1. The third-order valence-electron chi connectivity index (χ3n) is 4.11. The Hall–Kier alpha value is -1.34. The van der Waals surface area contributed by atoms with Crippen LogP contribution in [0.2, 0.25) is 0 Å². The summed E-state index contributed by atoms with van der Waals surface area (Å²) >= 11 is 0. The first-order chi connectivity index (χ1) is 10.8. The molecule has 0 aliphatic rings. The van der Waals surface area contributed by atoms with Crippen molar-refractivity contribution in [2.24, 2.45) is 0 Å². The van der Waals surface area contributed by atoms with E-state index in [4.69, 9.17) is 4.42 Å². The number of sulfone groups is 1. The molecule has 7 heteroatoms. The van der Waals surface area contributed by atoms with Crippen LogP contribution in [0.5, 0.6) is 0 Å². The largest absolute Gasteiger partial charge is 0.468 e. The predicted octanol–water partition coefficient (Wildman–Crippen LogP) is 1.99. The molecule has 2 atom stereocenters. The van der Waals surface area contributed by atoms with Gasteiger partial charge in [-0.25, -0.2) is 8.42 Å². The SMILES string of the molecule is CCN(CC)[C@H](CNC(=O)[C@H](C)S(=O)(=O)C(C)C)c1ccco1. The fraction of sp³-hybridized carbons (Fsp3) is 0.688. The van der Waals surface area contributed by atoms with E-state index >= 15 is 0 Å². The first-order valence-corrected chi connectivity index (χ1v) is 9.64. The molecule has 1 N–H and O–H groups in total. The van der Waals surface area contributed by atoms with Crippen LogP contribution in [0, 0.1) is 0 Å². The molecule has 0 saturated heterocycles. The Labute approximate surface area is 139 Å². The zero-order valence-electron chi connectivity index (χ0n) is 14.6. The molecule has 0 aliphatic heterocycles. The second kappa shape index (κ2) is 8.49. The molecule has 0 bridgehead atoms. The average Bonchev–Trinajstić information content (AvgIpc) is 3.04. The van der Waals surface area contributed by atoms with Crippen molar-refractivity contribution in [3.63, 3.8) is 0 Å². The molecule has 132 valence electrons. The maximum absolute atomic E-state index is 12.2. The topological polar surface area (TPSA) is 79.6 Å². The quantitative estimate of drug-likeness (QED) is 0.741. The van der Waals surface area contributed by atoms with Crippen molar-refractivity contribution in [2.75, 3.05) is 19.6 Å². The van der Waals surface area contributed by atoms with Gasteiger partial charge in [-0.2, -0.15) is 0 Å². The number of nitrogens with zero attached hydrogens (tertiary/aromatic N) is 1. The summed E-state index contributed by atoms with van der Waals surface area (Å²) in [5.74, 6) is 0.288. The molecule has 0 aliphatic carbocycles. The van der Waals surface area contributed by atoms with Crippen LogP contribution in [0.3, 0.4) is 0 Å². The number of rotatable bonds is 9. The van der Waals surface area contributed by atoms with Gasteiger partial charge in [0.05, 0.1) is 17.6 Å². The molecular formula is C16H28N2O4S. The monoisotopic (exact) mass is 344 g/mol. The van der Waals surface area contributed by atoms with Crippen LogP contribution >= 0.6 is 0 Å². The highest BCUT2D eigenvalue weighted by Crippen LogP contribution is 2.20. The van der Waals surface area contributed by atoms with Crippen molar-refractivity contribution < 1.29 is 17.6 Å². The fourth-order valence-corrected chi connectivity index (χ4v) is 3.65. The summed E-state index contributed by atoms with van der Waals surface area (Å²) < 4.78 is 29.7. The molecule has 1 aromatic rings. The van der Waals surface area contributed by atoms with E-state index in [2.05, 4.69) is 10.2 Å². The molecule has 1 amide bonds. The lowest BCUT2D eigenvalue weighted by molar-refractivity contribution is -0.120. The second-order valence-corrected chi connectivity index (χ2v) is 8.61. The fourth-order valence-electron chi connectivity index (χ4n) is 2.45. The molecule has 6 nitrogen and oxygen atoms in total. The molecular weight excluding hydrogens is 316 g/mol. The molecule has 23 heavy (non-hydrogen) atoms. The Morgan fingerprint density at radius 1 is 1.26 bits per heavy atom. The zero-order chi connectivity index (χ0) is 17.6. The van der Waals surface area contributed by atoms with E-state index in [0.29, 0.717) is 6.54 Å². The van der Waals surface area contributed by atoms with Gasteiger partial charge < -0.3 is 9.73 Å². The summed E-state index contributed by atoms with van der Waals surface area (Å²) in [7, 11) is -3.46. The van der Waals surface area contributed by atoms with Gasteiger partial charge in [0.2, 0.25) is 5.91 Å². The normalized spacial score (nSPS) is 14.9. The third-order valence-corrected chi connectivity index (χ3v) is 6.63. The van der Waals surface area contributed by atoms with Gasteiger partial charge in [-0.15, -0.1) is 0 Å². The smallest absolute Gasteiger partial charge is 0.238 e. The summed E-state index contributed by atoms with van der Waals surface area (Å²) in [6.07, 6.45) is 1.60. The molecule has 1 rings (SSSR count). The van der Waals surface area contributed by atoms with Crippen molar-refractivity contribution in [3.05, 3.63) is 24.2 Å². The Morgan fingerprint density at radius 3 is 2.30 bits per heavy atom. The van der Waals surface area contributed by atoms with Gasteiger partial charge in [0, 0.05) is 6.54 Å². The Bertz CT molecular complexity index is 577. The van der Waals surface area contributed by atoms with E-state index in [1.807, 2.05) is 19.9 Å². The summed E-state index contributed by atoms with van der Waals surface area (Å²) in [6.45, 7) is 10.6. The van der Waals surface area contributed by atoms with Gasteiger partial charge in [0.1, 0.15) is 11.0 Å². The van der Waals surface area contributed by atoms with E-state index in [0.717, 1.165) is 18.8 Å². The van der Waals surface area contributed by atoms with E-state index in [1.165, 1.54) is 6.92 Å². The Morgan fingerprint density at radius 2 is 1.87 bits per heavy atom. The van der Waals surface area contributed by atoms with Gasteiger partial charge in [0.15, 0.2) is 9.84 Å². The highest BCUT2D eigenvalue weighted by atomic mass is 32.2. The third kappa shape index (κ3) is 4.81. The lowest BCUT2D eigenvalue weighted by Gasteiger charge is -2.28. The summed E-state index contributed by atoms with van der Waals surface area (Å²) in [4.78, 5) is 14.4. The van der Waals surface area contributed by atoms with Crippen molar-refractivity contribution in [1.82, 2.24) is 10.2 Å². The molecule has 0 radical (unpaired) electrons. The van der Waals surface area contributed by atoms with Crippen LogP contribution in [0.1, 0.15) is 46.4 Å². The molecule has 1 aromatic heterocycles. The predicted molar refractivity (Wildman–Crippen MR) is 90.9 cm³/mol. The summed E-state index contributed by atoms with van der Waals surface area (Å²) in [5, 5.41) is 1.13. The van der Waals surface area contributed by atoms with Gasteiger partial charge >= 0.3 is 0 Å². The maximum Gasteiger partial charge on any atom is 0.238 e. The van der Waals surface area contributed by atoms with Gasteiger partial charge in [-0.3, -0.25) is 9.69 Å². The number of hydrogen-bond acceptors (Lipinski definition) is 5. The van der Waals surface area contributed by atoms with Gasteiger partial charge in [-0.1, -0.05) is 13.8 Å². The second-order valence-electron chi connectivity index (χ2n) is 5.78. The van der Waals surface area contributed by atoms with Crippen molar-refractivity contribution in [1.29, 1.82) is 0 Å². The highest BCUT2D eigenvalue weighted by Gasteiger charge is 2.31. The van der Waals surface area contributed by atoms with Crippen LogP contribution in [0.4, 0.5) is 0 Å². The standard InChI is InChI=1S/C16H28N2O4S/c1-6-18(7-2)14(15-9-8-10-22-15)11-17-16(19)13(5)23(20,21)12(3)4/h8-10,12-14H,6-7,11H2,1-5H3,(H,17,19)/t13-,14+/m0/s1. The molecule has 0 spiro atoms. The average molecular weight is 344 g/mol. The zero-order valence-corrected chi connectivity index (χ0v) is 15.4. The summed E-state index contributed by atoms with van der Waals surface area (Å²) in [5.41, 5.74) is 0. The van der Waals surface area contributed by atoms with E-state index < -0.39 is 26.2 Å². The van der Waals surface area contributed by atoms with Gasteiger partial charge in [0.25, 0.3) is 0 Å². The lowest BCUT2D eigenvalue weighted by atomic mass is 10.2. The van der Waals surface area contributed by atoms with Crippen LogP contribution < -0.4 is 5.32 Å². The molecule has 0 saturated carbocycles. The van der Waals surface area contributed by atoms with E-state index in [9.17, 15) is 13.2 Å². The van der Waals surface area contributed by atoms with Crippen molar-refractivity contribution in [3.8, 4) is 0 Å². The van der Waals surface area contributed by atoms with Crippen LogP contribution in [0.15, 0.2) is 22.8 Å². The first kappa shape index (κ1) is 19.7. The van der Waals surface area contributed by atoms with Crippen LogP contribution in [0.25, 0.3) is 0 Å². The number of hydrogen-bond donors (Lipinski definition) is 1. The molecule has 0 fully saturated rings. The minimum absolute atomic E-state index is 0.113. The molecule has 0 unspecified atom stereocenters. The Balaban J connectivity index is 2.81. The van der Waals surface area contributed by atoms with Crippen LogP contribution in [-0.2, 0) is 14.6 Å². The van der Waals surface area contributed by atoms with E-state index in [1.54, 1.807) is 26.2 Å². The summed E-state index contributed by atoms with van der Waals surface area (Å²) in [6, 6.07) is 3.56. The maximum atomic E-state index is 12.2. The lowest BCUT2D eigenvalue weighted by Crippen LogP contribution is -2.44. The minimum Gasteiger partial charge on any atom is -0.468 e. The molecule has 1 heterocycles. The number of carbonyl (C=O) groups excluding carboxylic acids is 1.